The van der Waals surface area contributed by atoms with Gasteiger partial charge in [-0.05, 0) is 38.8 Å². The van der Waals surface area contributed by atoms with Crippen molar-refractivity contribution in [1.29, 1.82) is 0 Å². The van der Waals surface area contributed by atoms with Gasteiger partial charge in [-0.2, -0.15) is 0 Å². The van der Waals surface area contributed by atoms with Crippen LogP contribution in [0.5, 0.6) is 0 Å². The summed E-state index contributed by atoms with van der Waals surface area (Å²) < 4.78 is 24.3. The molecule has 1 amide bonds. The first kappa shape index (κ1) is 14.7. The van der Waals surface area contributed by atoms with E-state index in [1.807, 2.05) is 0 Å². The van der Waals surface area contributed by atoms with E-state index in [0.29, 0.717) is 25.9 Å². The van der Waals surface area contributed by atoms with Crippen molar-refractivity contribution in [2.24, 2.45) is 5.92 Å². The number of piperidine rings is 2. The Balaban J connectivity index is 1.77. The van der Waals surface area contributed by atoms with E-state index in [4.69, 9.17) is 0 Å². The Morgan fingerprint density at radius 1 is 1.16 bits per heavy atom. The van der Waals surface area contributed by atoms with Crippen LogP contribution in [0, 0.1) is 5.92 Å². The summed E-state index contributed by atoms with van der Waals surface area (Å²) in [5.74, 6) is 0.258. The number of rotatable bonds is 3. The molecule has 0 aromatic carbocycles. The van der Waals surface area contributed by atoms with E-state index in [1.54, 1.807) is 0 Å². The average Bonchev–Trinajstić information content (AvgIpc) is 2.39. The highest BCUT2D eigenvalue weighted by Gasteiger charge is 2.28. The molecule has 2 saturated heterocycles. The van der Waals surface area contributed by atoms with E-state index < -0.39 is 10.0 Å². The molecule has 6 nitrogen and oxygen atoms in total. The highest BCUT2D eigenvalue weighted by Crippen LogP contribution is 2.16. The number of carbonyl (C=O) groups is 1. The normalized spacial score (nSPS) is 24.3. The van der Waals surface area contributed by atoms with Crippen molar-refractivity contribution in [2.45, 2.75) is 31.7 Å². The van der Waals surface area contributed by atoms with Crippen molar-refractivity contribution in [3.05, 3.63) is 0 Å². The number of carbonyl (C=O) groups excluding carboxylic acids is 1. The summed E-state index contributed by atoms with van der Waals surface area (Å²) in [6.07, 6.45) is 4.45. The van der Waals surface area contributed by atoms with Gasteiger partial charge in [0.15, 0.2) is 0 Å². The number of nitrogens with one attached hydrogen (secondary N) is 2. The van der Waals surface area contributed by atoms with Gasteiger partial charge in [0, 0.05) is 25.0 Å². The minimum atomic E-state index is -3.09. The maximum Gasteiger partial charge on any atom is 0.223 e. The summed E-state index contributed by atoms with van der Waals surface area (Å²) in [5, 5.41) is 6.31. The molecule has 0 atom stereocenters. The lowest BCUT2D eigenvalue weighted by Crippen LogP contribution is -2.48. The van der Waals surface area contributed by atoms with E-state index in [0.717, 1.165) is 25.9 Å². The predicted molar refractivity (Wildman–Crippen MR) is 73.2 cm³/mol. The van der Waals surface area contributed by atoms with Crippen molar-refractivity contribution in [1.82, 2.24) is 14.9 Å². The van der Waals surface area contributed by atoms with Crippen molar-refractivity contribution < 1.29 is 13.2 Å². The van der Waals surface area contributed by atoms with Crippen LogP contribution in [0.4, 0.5) is 0 Å². The van der Waals surface area contributed by atoms with Gasteiger partial charge in [-0.3, -0.25) is 4.79 Å². The van der Waals surface area contributed by atoms with Crippen LogP contribution < -0.4 is 10.6 Å². The summed E-state index contributed by atoms with van der Waals surface area (Å²) in [6, 6.07) is 0.125. The minimum absolute atomic E-state index is 0.120. The average molecular weight is 289 g/mol. The molecular formula is C12H23N3O3S. The van der Waals surface area contributed by atoms with Gasteiger partial charge in [0.05, 0.1) is 6.26 Å². The number of nitrogens with zero attached hydrogens (tertiary/aromatic N) is 1. The third-order valence-corrected chi connectivity index (χ3v) is 5.28. The standard InChI is InChI=1S/C12H23N3O3S/c1-19(17,18)15-8-4-11(5-9-15)14-12(16)10-2-6-13-7-3-10/h10-11,13H,2-9H2,1H3,(H,14,16). The number of hydrogen-bond acceptors (Lipinski definition) is 4. The molecule has 0 radical (unpaired) electrons. The molecule has 19 heavy (non-hydrogen) atoms. The van der Waals surface area contributed by atoms with Crippen molar-refractivity contribution in [3.8, 4) is 0 Å². The summed E-state index contributed by atoms with van der Waals surface area (Å²) >= 11 is 0. The number of hydrogen-bond donors (Lipinski definition) is 2. The molecule has 0 unspecified atom stereocenters. The summed E-state index contributed by atoms with van der Waals surface area (Å²) in [5.41, 5.74) is 0. The predicted octanol–water partition coefficient (Wildman–Crippen LogP) is -0.474. The smallest absolute Gasteiger partial charge is 0.223 e. The van der Waals surface area contributed by atoms with Gasteiger partial charge < -0.3 is 10.6 Å². The van der Waals surface area contributed by atoms with E-state index in [1.165, 1.54) is 10.6 Å². The Morgan fingerprint density at radius 3 is 2.26 bits per heavy atom. The van der Waals surface area contributed by atoms with E-state index in [2.05, 4.69) is 10.6 Å². The van der Waals surface area contributed by atoms with E-state index in [9.17, 15) is 13.2 Å². The quantitative estimate of drug-likeness (QED) is 0.736. The Morgan fingerprint density at radius 2 is 1.74 bits per heavy atom. The van der Waals surface area contributed by atoms with Crippen LogP contribution in [0.2, 0.25) is 0 Å². The van der Waals surface area contributed by atoms with Crippen molar-refractivity contribution >= 4 is 15.9 Å². The first-order valence-electron chi connectivity index (χ1n) is 6.93. The van der Waals surface area contributed by atoms with Gasteiger partial charge >= 0.3 is 0 Å². The second kappa shape index (κ2) is 6.19. The molecule has 0 aliphatic carbocycles. The molecule has 0 aromatic rings. The van der Waals surface area contributed by atoms with Gasteiger partial charge in [-0.25, -0.2) is 12.7 Å². The van der Waals surface area contributed by atoms with Gasteiger partial charge in [-0.15, -0.1) is 0 Å². The van der Waals surface area contributed by atoms with Crippen molar-refractivity contribution in [3.63, 3.8) is 0 Å². The topological polar surface area (TPSA) is 78.5 Å². The highest BCUT2D eigenvalue weighted by molar-refractivity contribution is 7.88. The maximum absolute atomic E-state index is 12.1. The number of sulfonamides is 1. The summed E-state index contributed by atoms with van der Waals surface area (Å²) in [6.45, 7) is 2.83. The lowest BCUT2D eigenvalue weighted by Gasteiger charge is -2.32. The molecule has 2 aliphatic rings. The maximum atomic E-state index is 12.1. The molecule has 2 fully saturated rings. The van der Waals surface area contributed by atoms with Gasteiger partial charge in [0.25, 0.3) is 0 Å². The van der Waals surface area contributed by atoms with Crippen LogP contribution in [-0.4, -0.2) is 57.1 Å². The van der Waals surface area contributed by atoms with Crippen LogP contribution in [0.25, 0.3) is 0 Å². The zero-order chi connectivity index (χ0) is 13.9. The van der Waals surface area contributed by atoms with Crippen molar-refractivity contribution in [2.75, 3.05) is 32.4 Å². The lowest BCUT2D eigenvalue weighted by molar-refractivity contribution is -0.126. The Bertz CT molecular complexity index is 410. The fourth-order valence-corrected chi connectivity index (χ4v) is 3.61. The molecule has 2 N–H and O–H groups in total. The summed E-state index contributed by atoms with van der Waals surface area (Å²) in [4.78, 5) is 12.1. The fraction of sp³-hybridized carbons (Fsp3) is 0.917. The second-order valence-corrected chi connectivity index (χ2v) is 7.45. The monoisotopic (exact) mass is 289 g/mol. The zero-order valence-corrected chi connectivity index (χ0v) is 12.2. The molecule has 0 spiro atoms. The highest BCUT2D eigenvalue weighted by atomic mass is 32.2. The van der Waals surface area contributed by atoms with Crippen LogP contribution in [0.15, 0.2) is 0 Å². The van der Waals surface area contributed by atoms with E-state index in [-0.39, 0.29) is 17.9 Å². The zero-order valence-electron chi connectivity index (χ0n) is 11.4. The Hall–Kier alpha value is -0.660. The fourth-order valence-electron chi connectivity index (χ4n) is 2.73. The minimum Gasteiger partial charge on any atom is -0.353 e. The van der Waals surface area contributed by atoms with Crippen LogP contribution in [0.3, 0.4) is 0 Å². The number of amides is 1. The lowest BCUT2D eigenvalue weighted by atomic mass is 9.96. The Kier molecular flexibility index (Phi) is 4.81. The van der Waals surface area contributed by atoms with Gasteiger partial charge in [0.1, 0.15) is 0 Å². The van der Waals surface area contributed by atoms with Crippen LogP contribution in [0.1, 0.15) is 25.7 Å². The molecule has 0 aromatic heterocycles. The molecule has 0 bridgehead atoms. The molecular weight excluding hydrogens is 266 g/mol. The van der Waals surface area contributed by atoms with Crippen LogP contribution in [-0.2, 0) is 14.8 Å². The summed E-state index contributed by atoms with van der Waals surface area (Å²) in [7, 11) is -3.09. The van der Waals surface area contributed by atoms with E-state index >= 15 is 0 Å². The van der Waals surface area contributed by atoms with Gasteiger partial charge in [0.2, 0.25) is 15.9 Å². The molecule has 2 rings (SSSR count). The third kappa shape index (κ3) is 4.15. The SMILES string of the molecule is CS(=O)(=O)N1CCC(NC(=O)C2CCNCC2)CC1. The third-order valence-electron chi connectivity index (χ3n) is 3.98. The Labute approximate surface area is 115 Å². The van der Waals surface area contributed by atoms with Gasteiger partial charge in [-0.1, -0.05) is 0 Å². The first-order chi connectivity index (χ1) is 8.97. The molecule has 2 heterocycles. The van der Waals surface area contributed by atoms with Crippen LogP contribution >= 0.6 is 0 Å². The second-order valence-electron chi connectivity index (χ2n) is 5.47. The molecule has 0 saturated carbocycles. The first-order valence-corrected chi connectivity index (χ1v) is 8.78. The molecule has 7 heteroatoms. The largest absolute Gasteiger partial charge is 0.353 e. The molecule has 110 valence electrons. The molecule has 2 aliphatic heterocycles.